The third kappa shape index (κ3) is 5.04. The summed E-state index contributed by atoms with van der Waals surface area (Å²) >= 11 is 0. The Hall–Kier alpha value is -4.30. The molecule has 2 heterocycles. The number of ether oxygens (including phenoxy) is 3. The zero-order valence-corrected chi connectivity index (χ0v) is 20.4. The van der Waals surface area contributed by atoms with Gasteiger partial charge in [-0.2, -0.15) is 4.52 Å². The minimum Gasteiger partial charge on any atom is -0.497 e. The van der Waals surface area contributed by atoms with Gasteiger partial charge in [-0.05, 0) is 36.8 Å². The van der Waals surface area contributed by atoms with Crippen molar-refractivity contribution in [2.24, 2.45) is 0 Å². The molecule has 2 aromatic carbocycles. The molecule has 0 radical (unpaired) electrons. The number of nitrogens with one attached hydrogen (secondary N) is 1. The van der Waals surface area contributed by atoms with Crippen LogP contribution >= 0.6 is 0 Å². The number of sulfonamides is 1. The molecule has 0 unspecified atom stereocenters. The monoisotopic (exact) mass is 514 g/mol. The summed E-state index contributed by atoms with van der Waals surface area (Å²) in [5.74, 6) is 1.74. The zero-order chi connectivity index (χ0) is 25.9. The Labute approximate surface area is 205 Å². The number of benzene rings is 2. The molecule has 0 atom stereocenters. The average molecular weight is 515 g/mol. The predicted octanol–water partition coefficient (Wildman–Crippen LogP) is 2.38. The van der Waals surface area contributed by atoms with Crippen molar-refractivity contribution < 1.29 is 27.6 Å². The fraction of sp³-hybridized carbons (Fsp3) is 0.227. The summed E-state index contributed by atoms with van der Waals surface area (Å²) in [6, 6.07) is 12.1. The van der Waals surface area contributed by atoms with Gasteiger partial charge in [0, 0.05) is 24.7 Å². The molecule has 0 aliphatic carbocycles. The number of nitrogens with zero attached hydrogens (tertiary/aromatic N) is 5. The van der Waals surface area contributed by atoms with Crippen molar-refractivity contribution in [2.75, 3.05) is 27.4 Å². The van der Waals surface area contributed by atoms with Gasteiger partial charge in [0.05, 0.1) is 29.6 Å². The summed E-state index contributed by atoms with van der Waals surface area (Å²) in [4.78, 5) is 10.2. The van der Waals surface area contributed by atoms with Gasteiger partial charge in [-0.15, -0.1) is 15.3 Å². The maximum Gasteiger partial charge on any atom is 0.270 e. The van der Waals surface area contributed by atoms with Crippen LogP contribution in [0.2, 0.25) is 0 Å². The van der Waals surface area contributed by atoms with Crippen LogP contribution in [0, 0.1) is 17.0 Å². The molecule has 13 nitrogen and oxygen atoms in total. The molecule has 14 heteroatoms. The molecule has 2 aromatic heterocycles. The van der Waals surface area contributed by atoms with Crippen LogP contribution in [0.25, 0.3) is 17.0 Å². The van der Waals surface area contributed by atoms with Crippen molar-refractivity contribution in [3.63, 3.8) is 0 Å². The third-order valence-corrected chi connectivity index (χ3v) is 6.81. The summed E-state index contributed by atoms with van der Waals surface area (Å²) in [5, 5.41) is 23.7. The standard InChI is InChI=1S/C22H22N6O7S/c1-14-4-5-15(28(29)30)12-19(14)36(31,32)23-10-11-35-21-9-8-20-24-25-22(27(20)26-21)17-13-16(33-2)6-7-18(17)34-3/h4-9,12-13,23H,10-11H2,1-3H3. The lowest BCUT2D eigenvalue weighted by molar-refractivity contribution is -0.385. The molecular formula is C22H22N6O7S. The second-order valence-corrected chi connectivity index (χ2v) is 9.22. The van der Waals surface area contributed by atoms with Crippen LogP contribution in [0.4, 0.5) is 5.69 Å². The first-order valence-electron chi connectivity index (χ1n) is 10.6. The summed E-state index contributed by atoms with van der Waals surface area (Å²) in [6.07, 6.45) is 0. The van der Waals surface area contributed by atoms with E-state index in [0.717, 1.165) is 6.07 Å². The highest BCUT2D eigenvalue weighted by Crippen LogP contribution is 2.32. The Morgan fingerprint density at radius 2 is 1.86 bits per heavy atom. The smallest absolute Gasteiger partial charge is 0.270 e. The lowest BCUT2D eigenvalue weighted by Gasteiger charge is -2.11. The van der Waals surface area contributed by atoms with Crippen molar-refractivity contribution in [3.05, 3.63) is 64.2 Å². The molecule has 1 N–H and O–H groups in total. The quantitative estimate of drug-likeness (QED) is 0.189. The van der Waals surface area contributed by atoms with Crippen molar-refractivity contribution >= 4 is 21.4 Å². The molecule has 0 saturated carbocycles. The molecule has 4 rings (SSSR count). The second kappa shape index (κ2) is 10.1. The molecule has 0 bridgehead atoms. The largest absolute Gasteiger partial charge is 0.497 e. The molecule has 0 spiro atoms. The molecule has 0 aliphatic rings. The molecule has 0 aliphatic heterocycles. The number of hydrogen-bond donors (Lipinski definition) is 1. The summed E-state index contributed by atoms with van der Waals surface area (Å²) in [6.45, 7) is 1.41. The highest BCUT2D eigenvalue weighted by Gasteiger charge is 2.20. The van der Waals surface area contributed by atoms with Crippen molar-refractivity contribution in [3.8, 4) is 28.8 Å². The van der Waals surface area contributed by atoms with Gasteiger partial charge < -0.3 is 14.2 Å². The van der Waals surface area contributed by atoms with Crippen LogP contribution in [0.5, 0.6) is 17.4 Å². The first-order chi connectivity index (χ1) is 17.2. The van der Waals surface area contributed by atoms with E-state index in [-0.39, 0.29) is 29.6 Å². The van der Waals surface area contributed by atoms with Gasteiger partial charge in [-0.1, -0.05) is 6.07 Å². The molecule has 36 heavy (non-hydrogen) atoms. The SMILES string of the molecule is COc1ccc(OC)c(-c2nnc3ccc(OCCNS(=O)(=O)c4cc([N+](=O)[O-])ccc4C)nn23)c1. The van der Waals surface area contributed by atoms with Crippen LogP contribution in [-0.2, 0) is 10.0 Å². The number of methoxy groups -OCH3 is 2. The highest BCUT2D eigenvalue weighted by atomic mass is 32.2. The Morgan fingerprint density at radius 3 is 2.58 bits per heavy atom. The molecule has 0 saturated heterocycles. The first-order valence-corrected chi connectivity index (χ1v) is 12.0. The number of hydrogen-bond acceptors (Lipinski definition) is 10. The van der Waals surface area contributed by atoms with E-state index in [2.05, 4.69) is 20.0 Å². The van der Waals surface area contributed by atoms with E-state index >= 15 is 0 Å². The van der Waals surface area contributed by atoms with Gasteiger partial charge in [0.25, 0.3) is 5.69 Å². The number of aryl methyl sites for hydroxylation is 1. The normalized spacial score (nSPS) is 11.4. The van der Waals surface area contributed by atoms with Gasteiger partial charge in [0.1, 0.15) is 18.1 Å². The minimum absolute atomic E-state index is 0.0499. The minimum atomic E-state index is -3.99. The Morgan fingerprint density at radius 1 is 1.06 bits per heavy atom. The van der Waals surface area contributed by atoms with Crippen molar-refractivity contribution in [2.45, 2.75) is 11.8 Å². The number of nitro groups is 1. The van der Waals surface area contributed by atoms with Gasteiger partial charge in [-0.3, -0.25) is 10.1 Å². The summed E-state index contributed by atoms with van der Waals surface area (Å²) < 4.78 is 45.5. The average Bonchev–Trinajstić information content (AvgIpc) is 3.29. The lowest BCUT2D eigenvalue weighted by atomic mass is 10.2. The van der Waals surface area contributed by atoms with E-state index < -0.39 is 14.9 Å². The van der Waals surface area contributed by atoms with E-state index in [0.29, 0.717) is 34.1 Å². The maximum atomic E-state index is 12.6. The topological polar surface area (TPSA) is 160 Å². The fourth-order valence-electron chi connectivity index (χ4n) is 3.41. The number of aromatic nitrogens is 4. The predicted molar refractivity (Wildman–Crippen MR) is 128 cm³/mol. The molecule has 0 fully saturated rings. The summed E-state index contributed by atoms with van der Waals surface area (Å²) in [5.41, 5.74) is 1.14. The first kappa shape index (κ1) is 24.8. The van der Waals surface area contributed by atoms with Gasteiger partial charge >= 0.3 is 0 Å². The molecule has 188 valence electrons. The molecule has 0 amide bonds. The van der Waals surface area contributed by atoms with Gasteiger partial charge in [0.2, 0.25) is 15.9 Å². The van der Waals surface area contributed by atoms with E-state index in [1.165, 1.54) is 23.8 Å². The number of rotatable bonds is 10. The second-order valence-electron chi connectivity index (χ2n) is 7.48. The van der Waals surface area contributed by atoms with E-state index in [1.807, 2.05) is 0 Å². The van der Waals surface area contributed by atoms with Crippen LogP contribution in [0.15, 0.2) is 53.4 Å². The van der Waals surface area contributed by atoms with Crippen molar-refractivity contribution in [1.82, 2.24) is 24.5 Å². The fourth-order valence-corrected chi connectivity index (χ4v) is 4.68. The van der Waals surface area contributed by atoms with Crippen LogP contribution < -0.4 is 18.9 Å². The van der Waals surface area contributed by atoms with E-state index in [9.17, 15) is 18.5 Å². The van der Waals surface area contributed by atoms with Crippen molar-refractivity contribution in [1.29, 1.82) is 0 Å². The van der Waals surface area contributed by atoms with Crippen LogP contribution in [0.3, 0.4) is 0 Å². The van der Waals surface area contributed by atoms with Crippen LogP contribution in [0.1, 0.15) is 5.56 Å². The highest BCUT2D eigenvalue weighted by molar-refractivity contribution is 7.89. The zero-order valence-electron chi connectivity index (χ0n) is 19.5. The Balaban J connectivity index is 1.49. The Bertz CT molecular complexity index is 1540. The molecule has 4 aromatic rings. The van der Waals surface area contributed by atoms with E-state index in [1.54, 1.807) is 44.4 Å². The van der Waals surface area contributed by atoms with Gasteiger partial charge in [0.15, 0.2) is 11.5 Å². The molecular weight excluding hydrogens is 492 g/mol. The number of non-ortho nitro benzene ring substituents is 1. The Kier molecular flexibility index (Phi) is 6.98. The van der Waals surface area contributed by atoms with Gasteiger partial charge in [-0.25, -0.2) is 13.1 Å². The summed E-state index contributed by atoms with van der Waals surface area (Å²) in [7, 11) is -0.908. The number of fused-ring (bicyclic) bond motifs is 1. The third-order valence-electron chi connectivity index (χ3n) is 5.20. The van der Waals surface area contributed by atoms with E-state index in [4.69, 9.17) is 14.2 Å². The lowest BCUT2D eigenvalue weighted by Crippen LogP contribution is -2.29. The maximum absolute atomic E-state index is 12.6. The number of nitro benzene ring substituents is 1. The van der Waals surface area contributed by atoms with Crippen LogP contribution in [-0.4, -0.2) is 60.5 Å².